The SMILES string of the molecule is Cc1nc(C(=O)N2CSC[C@H]2CNC(=O)c2c(C)nc3sccn23)c(-c2ccc(C(F)(F)F)cc2)s1. The van der Waals surface area contributed by atoms with E-state index in [4.69, 9.17) is 0 Å². The van der Waals surface area contributed by atoms with Crippen LogP contribution in [0.4, 0.5) is 13.2 Å². The summed E-state index contributed by atoms with van der Waals surface area (Å²) in [7, 11) is 0. The van der Waals surface area contributed by atoms with Gasteiger partial charge in [-0.05, 0) is 31.5 Å². The van der Waals surface area contributed by atoms with Crippen molar-refractivity contribution in [2.45, 2.75) is 26.1 Å². The van der Waals surface area contributed by atoms with Crippen molar-refractivity contribution < 1.29 is 22.8 Å². The number of halogens is 3. The first kappa shape index (κ1) is 24.8. The fourth-order valence-corrected chi connectivity index (χ4v) is 6.93. The molecule has 36 heavy (non-hydrogen) atoms. The van der Waals surface area contributed by atoms with Crippen LogP contribution >= 0.6 is 34.4 Å². The van der Waals surface area contributed by atoms with Crippen molar-refractivity contribution in [2.75, 3.05) is 18.2 Å². The summed E-state index contributed by atoms with van der Waals surface area (Å²) in [6.07, 6.45) is -2.64. The minimum atomic E-state index is -4.43. The van der Waals surface area contributed by atoms with Gasteiger partial charge in [0.2, 0.25) is 0 Å². The van der Waals surface area contributed by atoms with Crippen LogP contribution in [0.5, 0.6) is 0 Å². The predicted octanol–water partition coefficient (Wildman–Crippen LogP) is 5.10. The highest BCUT2D eigenvalue weighted by molar-refractivity contribution is 7.99. The maximum absolute atomic E-state index is 13.5. The lowest BCUT2D eigenvalue weighted by Crippen LogP contribution is -2.44. The number of fused-ring (bicyclic) bond motifs is 1. The number of alkyl halides is 3. The van der Waals surface area contributed by atoms with E-state index in [9.17, 15) is 22.8 Å². The number of carbonyl (C=O) groups is 2. The molecule has 1 N–H and O–H groups in total. The van der Waals surface area contributed by atoms with Crippen LogP contribution in [0, 0.1) is 13.8 Å². The van der Waals surface area contributed by atoms with Crippen LogP contribution < -0.4 is 5.32 Å². The Morgan fingerprint density at radius 2 is 1.92 bits per heavy atom. The monoisotopic (exact) mass is 551 g/mol. The largest absolute Gasteiger partial charge is 0.416 e. The number of thiazole rings is 2. The lowest BCUT2D eigenvalue weighted by atomic mass is 10.1. The number of benzene rings is 1. The quantitative estimate of drug-likeness (QED) is 0.373. The van der Waals surface area contributed by atoms with E-state index >= 15 is 0 Å². The van der Waals surface area contributed by atoms with Crippen molar-refractivity contribution in [3.8, 4) is 10.4 Å². The maximum Gasteiger partial charge on any atom is 0.416 e. The average Bonchev–Trinajstić information content (AvgIpc) is 3.60. The van der Waals surface area contributed by atoms with Crippen molar-refractivity contribution in [3.63, 3.8) is 0 Å². The van der Waals surface area contributed by atoms with E-state index in [2.05, 4.69) is 15.3 Å². The molecule has 1 aliphatic heterocycles. The molecular formula is C23H20F3N5O2S3. The zero-order valence-corrected chi connectivity index (χ0v) is 21.6. The van der Waals surface area contributed by atoms with Gasteiger partial charge in [0.05, 0.1) is 33.1 Å². The molecule has 4 aromatic rings. The van der Waals surface area contributed by atoms with Crippen LogP contribution in [0.15, 0.2) is 35.8 Å². The molecular weight excluding hydrogens is 531 g/mol. The Balaban J connectivity index is 1.33. The van der Waals surface area contributed by atoms with Gasteiger partial charge < -0.3 is 10.2 Å². The third-order valence-electron chi connectivity index (χ3n) is 5.80. The molecule has 7 nitrogen and oxygen atoms in total. The predicted molar refractivity (Wildman–Crippen MR) is 135 cm³/mol. The van der Waals surface area contributed by atoms with Crippen LogP contribution in [-0.4, -0.2) is 55.3 Å². The number of hydrogen-bond acceptors (Lipinski definition) is 7. The number of aryl methyl sites for hydroxylation is 2. The molecule has 1 fully saturated rings. The molecule has 2 amide bonds. The number of rotatable bonds is 5. The molecule has 188 valence electrons. The Morgan fingerprint density at radius 1 is 1.17 bits per heavy atom. The summed E-state index contributed by atoms with van der Waals surface area (Å²) < 4.78 is 40.7. The Labute approximate surface area is 216 Å². The zero-order chi connectivity index (χ0) is 25.6. The van der Waals surface area contributed by atoms with E-state index in [1.54, 1.807) is 41.1 Å². The maximum atomic E-state index is 13.5. The summed E-state index contributed by atoms with van der Waals surface area (Å²) in [6, 6.07) is 4.49. The molecule has 4 heterocycles. The highest BCUT2D eigenvalue weighted by atomic mass is 32.2. The third kappa shape index (κ3) is 4.62. The minimum Gasteiger partial charge on any atom is -0.349 e. The molecule has 1 saturated heterocycles. The summed E-state index contributed by atoms with van der Waals surface area (Å²) >= 11 is 4.28. The van der Waals surface area contributed by atoms with Gasteiger partial charge in [-0.25, -0.2) is 9.97 Å². The van der Waals surface area contributed by atoms with Gasteiger partial charge in [0, 0.05) is 23.9 Å². The van der Waals surface area contributed by atoms with E-state index < -0.39 is 11.7 Å². The molecule has 5 rings (SSSR count). The van der Waals surface area contributed by atoms with Crippen molar-refractivity contribution >= 4 is 51.2 Å². The number of hydrogen-bond donors (Lipinski definition) is 1. The van der Waals surface area contributed by atoms with Crippen LogP contribution in [0.1, 0.15) is 37.2 Å². The fraction of sp³-hybridized carbons (Fsp3) is 0.304. The normalized spacial score (nSPS) is 16.1. The number of aromatic nitrogens is 3. The van der Waals surface area contributed by atoms with E-state index in [-0.39, 0.29) is 30.1 Å². The smallest absolute Gasteiger partial charge is 0.349 e. The molecule has 1 atom stereocenters. The van der Waals surface area contributed by atoms with Crippen molar-refractivity contribution in [1.29, 1.82) is 0 Å². The first-order chi connectivity index (χ1) is 17.1. The van der Waals surface area contributed by atoms with Crippen LogP contribution in [0.3, 0.4) is 0 Å². The number of thioether (sulfide) groups is 1. The minimum absolute atomic E-state index is 0.211. The summed E-state index contributed by atoms with van der Waals surface area (Å²) in [4.78, 5) is 38.2. The summed E-state index contributed by atoms with van der Waals surface area (Å²) in [5.41, 5.74) is 1.06. The van der Waals surface area contributed by atoms with Crippen LogP contribution in [0.25, 0.3) is 15.4 Å². The molecule has 0 bridgehead atoms. The van der Waals surface area contributed by atoms with E-state index in [0.29, 0.717) is 38.5 Å². The van der Waals surface area contributed by atoms with Crippen LogP contribution in [0.2, 0.25) is 0 Å². The standard InChI is InChI=1S/C23H20F3N5O2S3/c1-12-18(30-7-8-35-22(30)28-12)20(32)27-9-16-10-34-11-31(16)21(33)17-19(36-13(2)29-17)14-3-5-15(6-4-14)23(24,25)26/h3-8,16H,9-11H2,1-2H3,(H,27,32)/t16-/m1/s1. The van der Waals surface area contributed by atoms with Gasteiger partial charge in [-0.1, -0.05) is 12.1 Å². The molecule has 0 radical (unpaired) electrons. The lowest BCUT2D eigenvalue weighted by Gasteiger charge is -2.24. The van der Waals surface area contributed by atoms with Gasteiger partial charge >= 0.3 is 6.18 Å². The van der Waals surface area contributed by atoms with Crippen molar-refractivity contribution in [1.82, 2.24) is 24.6 Å². The Hall–Kier alpha value is -2.90. The third-order valence-corrected chi connectivity index (χ3v) is 8.66. The summed E-state index contributed by atoms with van der Waals surface area (Å²) in [6.45, 7) is 3.79. The molecule has 0 spiro atoms. The molecule has 3 aromatic heterocycles. The first-order valence-electron chi connectivity index (χ1n) is 10.9. The molecule has 0 aliphatic carbocycles. The summed E-state index contributed by atoms with van der Waals surface area (Å²) in [5.74, 6) is 0.504. The van der Waals surface area contributed by atoms with Crippen LogP contribution in [-0.2, 0) is 6.18 Å². The van der Waals surface area contributed by atoms with Gasteiger partial charge in [-0.15, -0.1) is 34.4 Å². The fourth-order valence-electron chi connectivity index (χ4n) is 4.05. The Bertz CT molecular complexity index is 1440. The number of imidazole rings is 1. The molecule has 1 aromatic carbocycles. The van der Waals surface area contributed by atoms with Gasteiger partial charge in [0.25, 0.3) is 11.8 Å². The summed E-state index contributed by atoms with van der Waals surface area (Å²) in [5, 5.41) is 5.43. The molecule has 13 heteroatoms. The van der Waals surface area contributed by atoms with Crippen molar-refractivity contribution in [3.05, 3.63) is 63.5 Å². The topological polar surface area (TPSA) is 79.6 Å². The molecule has 0 saturated carbocycles. The Morgan fingerprint density at radius 3 is 2.64 bits per heavy atom. The Kier molecular flexibility index (Phi) is 6.55. The number of nitrogens with one attached hydrogen (secondary N) is 1. The number of nitrogens with zero attached hydrogens (tertiary/aromatic N) is 4. The lowest BCUT2D eigenvalue weighted by molar-refractivity contribution is -0.137. The zero-order valence-electron chi connectivity index (χ0n) is 19.1. The van der Waals surface area contributed by atoms with Gasteiger partial charge in [0.15, 0.2) is 4.96 Å². The highest BCUT2D eigenvalue weighted by Gasteiger charge is 2.34. The van der Waals surface area contributed by atoms with E-state index in [1.807, 2.05) is 5.38 Å². The van der Waals surface area contributed by atoms with E-state index in [1.165, 1.54) is 34.8 Å². The first-order valence-corrected chi connectivity index (χ1v) is 13.7. The van der Waals surface area contributed by atoms with Gasteiger partial charge in [-0.2, -0.15) is 13.2 Å². The second-order valence-electron chi connectivity index (χ2n) is 8.23. The average molecular weight is 552 g/mol. The van der Waals surface area contributed by atoms with Gasteiger partial charge in [-0.3, -0.25) is 14.0 Å². The second-order valence-corrected chi connectivity index (χ2v) is 11.3. The van der Waals surface area contributed by atoms with Crippen molar-refractivity contribution in [2.24, 2.45) is 0 Å². The number of amides is 2. The second kappa shape index (κ2) is 9.52. The molecule has 0 unspecified atom stereocenters. The van der Waals surface area contributed by atoms with Gasteiger partial charge in [0.1, 0.15) is 11.4 Å². The molecule has 1 aliphatic rings. The van der Waals surface area contributed by atoms with E-state index in [0.717, 1.165) is 17.1 Å². The number of carbonyl (C=O) groups excluding carboxylic acids is 2. The highest BCUT2D eigenvalue weighted by Crippen LogP contribution is 2.35.